The first-order chi connectivity index (χ1) is 16.9. The molecule has 0 aromatic heterocycles. The van der Waals surface area contributed by atoms with Gasteiger partial charge < -0.3 is 14.4 Å². The van der Waals surface area contributed by atoms with E-state index in [1.807, 2.05) is 23.1 Å². The molecule has 8 nitrogen and oxygen atoms in total. The molecule has 2 saturated heterocycles. The van der Waals surface area contributed by atoms with Crippen molar-refractivity contribution in [1.82, 2.24) is 14.1 Å². The molecule has 0 spiro atoms. The molecule has 3 heterocycles. The maximum Gasteiger partial charge on any atom is 0.253 e. The summed E-state index contributed by atoms with van der Waals surface area (Å²) in [5.74, 6) is 1.45. The van der Waals surface area contributed by atoms with Gasteiger partial charge in [0, 0.05) is 51.4 Å². The van der Waals surface area contributed by atoms with Gasteiger partial charge in [-0.25, -0.2) is 8.42 Å². The number of fused-ring (bicyclic) bond motifs is 1. The Morgan fingerprint density at radius 1 is 0.857 bits per heavy atom. The molecule has 0 aliphatic carbocycles. The van der Waals surface area contributed by atoms with E-state index in [2.05, 4.69) is 4.90 Å². The number of benzene rings is 2. The summed E-state index contributed by atoms with van der Waals surface area (Å²) >= 11 is 0. The second-order valence-corrected chi connectivity index (χ2v) is 11.5. The van der Waals surface area contributed by atoms with Gasteiger partial charge >= 0.3 is 0 Å². The molecular formula is C26H33N3O5S. The summed E-state index contributed by atoms with van der Waals surface area (Å²) in [5, 5.41) is 0. The van der Waals surface area contributed by atoms with E-state index in [9.17, 15) is 13.2 Å². The van der Waals surface area contributed by atoms with E-state index in [4.69, 9.17) is 9.47 Å². The lowest BCUT2D eigenvalue weighted by molar-refractivity contribution is 0.0628. The van der Waals surface area contributed by atoms with Gasteiger partial charge in [-0.3, -0.25) is 9.69 Å². The van der Waals surface area contributed by atoms with E-state index in [0.29, 0.717) is 37.3 Å². The van der Waals surface area contributed by atoms with Crippen molar-refractivity contribution in [2.24, 2.45) is 0 Å². The van der Waals surface area contributed by atoms with Gasteiger partial charge in [0.05, 0.1) is 4.90 Å². The third kappa shape index (κ3) is 5.17. The van der Waals surface area contributed by atoms with Gasteiger partial charge in [0.2, 0.25) is 16.8 Å². The molecule has 0 saturated carbocycles. The summed E-state index contributed by atoms with van der Waals surface area (Å²) < 4.78 is 39.2. The van der Waals surface area contributed by atoms with Crippen LogP contribution in [0.4, 0.5) is 0 Å². The van der Waals surface area contributed by atoms with Gasteiger partial charge in [-0.2, -0.15) is 4.31 Å². The molecule has 9 heteroatoms. The molecule has 0 atom stereocenters. The molecule has 2 aromatic rings. The zero-order valence-electron chi connectivity index (χ0n) is 20.2. The summed E-state index contributed by atoms with van der Waals surface area (Å²) in [6.45, 7) is 6.65. The van der Waals surface area contributed by atoms with Gasteiger partial charge in [-0.15, -0.1) is 0 Å². The van der Waals surface area contributed by atoms with E-state index in [1.54, 1.807) is 29.4 Å². The Morgan fingerprint density at radius 2 is 1.57 bits per heavy atom. The Balaban J connectivity index is 1.24. The molecule has 0 N–H and O–H groups in total. The van der Waals surface area contributed by atoms with Crippen LogP contribution >= 0.6 is 0 Å². The lowest BCUT2D eigenvalue weighted by atomic mass is 10.1. The highest BCUT2D eigenvalue weighted by Gasteiger charge is 2.29. The topological polar surface area (TPSA) is 79.4 Å². The molecule has 2 aromatic carbocycles. The Morgan fingerprint density at radius 3 is 2.31 bits per heavy atom. The quantitative estimate of drug-likeness (QED) is 0.629. The zero-order valence-corrected chi connectivity index (χ0v) is 21.1. The van der Waals surface area contributed by atoms with Crippen LogP contribution in [0.1, 0.15) is 47.2 Å². The summed E-state index contributed by atoms with van der Waals surface area (Å²) in [7, 11) is -3.62. The Hall–Kier alpha value is -2.62. The fourth-order valence-corrected chi connectivity index (χ4v) is 6.79. The molecule has 5 rings (SSSR count). The number of ether oxygens (including phenoxy) is 2. The first-order valence-corrected chi connectivity index (χ1v) is 13.9. The van der Waals surface area contributed by atoms with E-state index < -0.39 is 10.0 Å². The maximum atomic E-state index is 13.4. The maximum absolute atomic E-state index is 13.4. The van der Waals surface area contributed by atoms with Crippen LogP contribution < -0.4 is 9.47 Å². The lowest BCUT2D eigenvalue weighted by Gasteiger charge is -2.35. The minimum absolute atomic E-state index is 0.111. The first-order valence-electron chi connectivity index (χ1n) is 12.4. The number of carbonyl (C=O) groups is 1. The SMILES string of the molecule is Cc1ccc(C(=O)N2CCN(Cc3ccc4c(c3)OCO4)CC2)cc1S(=O)(=O)N1CCCCCC1. The number of amides is 1. The third-order valence-corrected chi connectivity index (χ3v) is 9.16. The fourth-order valence-electron chi connectivity index (χ4n) is 5.02. The minimum atomic E-state index is -3.62. The smallest absolute Gasteiger partial charge is 0.253 e. The van der Waals surface area contributed by atoms with Crippen LogP contribution in [0.25, 0.3) is 0 Å². The summed E-state index contributed by atoms with van der Waals surface area (Å²) in [4.78, 5) is 17.7. The van der Waals surface area contributed by atoms with Crippen LogP contribution in [-0.4, -0.2) is 74.5 Å². The van der Waals surface area contributed by atoms with Crippen LogP contribution in [0, 0.1) is 6.92 Å². The largest absolute Gasteiger partial charge is 0.454 e. The molecule has 0 bridgehead atoms. The number of hydrogen-bond acceptors (Lipinski definition) is 6. The van der Waals surface area contributed by atoms with Crippen molar-refractivity contribution in [3.8, 4) is 11.5 Å². The fraction of sp³-hybridized carbons (Fsp3) is 0.500. The van der Waals surface area contributed by atoms with Crippen molar-refractivity contribution in [3.63, 3.8) is 0 Å². The predicted octanol–water partition coefficient (Wildman–Crippen LogP) is 3.25. The number of hydrogen-bond donors (Lipinski definition) is 0. The highest BCUT2D eigenvalue weighted by molar-refractivity contribution is 7.89. The van der Waals surface area contributed by atoms with Crippen LogP contribution in [-0.2, 0) is 16.6 Å². The molecule has 0 unspecified atom stereocenters. The molecular weight excluding hydrogens is 466 g/mol. The van der Waals surface area contributed by atoms with Crippen LogP contribution in [0.2, 0.25) is 0 Å². The summed E-state index contributed by atoms with van der Waals surface area (Å²) in [5.41, 5.74) is 2.27. The first kappa shape index (κ1) is 24.1. The lowest BCUT2D eigenvalue weighted by Crippen LogP contribution is -2.48. The third-order valence-electron chi connectivity index (χ3n) is 7.12. The summed E-state index contributed by atoms with van der Waals surface area (Å²) in [6.07, 6.45) is 3.88. The van der Waals surface area contributed by atoms with E-state index in [0.717, 1.165) is 62.4 Å². The number of rotatable bonds is 5. The van der Waals surface area contributed by atoms with Crippen LogP contribution in [0.3, 0.4) is 0 Å². The van der Waals surface area contributed by atoms with Crippen LogP contribution in [0.15, 0.2) is 41.3 Å². The molecule has 1 amide bonds. The average molecular weight is 500 g/mol. The number of carbonyl (C=O) groups excluding carboxylic acids is 1. The van der Waals surface area contributed by atoms with Crippen molar-refractivity contribution < 1.29 is 22.7 Å². The zero-order chi connectivity index (χ0) is 24.4. The molecule has 2 fully saturated rings. The standard InChI is InChI=1S/C26H33N3O5S/c1-20-6-8-22(17-25(20)35(31,32)29-10-4-2-3-5-11-29)26(30)28-14-12-27(13-15-28)18-21-7-9-23-24(16-21)34-19-33-23/h6-9,16-17H,2-5,10-15,18-19H2,1H3. The highest BCUT2D eigenvalue weighted by atomic mass is 32.2. The van der Waals surface area contributed by atoms with Crippen molar-refractivity contribution in [1.29, 1.82) is 0 Å². The Bertz CT molecular complexity index is 1180. The minimum Gasteiger partial charge on any atom is -0.454 e. The predicted molar refractivity (Wildman–Crippen MR) is 132 cm³/mol. The van der Waals surface area contributed by atoms with E-state index >= 15 is 0 Å². The van der Waals surface area contributed by atoms with Gasteiger partial charge in [-0.05, 0) is 55.2 Å². The van der Waals surface area contributed by atoms with Crippen molar-refractivity contribution in [2.75, 3.05) is 46.1 Å². The Labute approximate surface area is 207 Å². The van der Waals surface area contributed by atoms with E-state index in [-0.39, 0.29) is 17.6 Å². The van der Waals surface area contributed by atoms with Crippen molar-refractivity contribution in [2.45, 2.75) is 44.0 Å². The number of sulfonamides is 1. The second kappa shape index (κ2) is 10.2. The average Bonchev–Trinajstić information content (AvgIpc) is 3.14. The van der Waals surface area contributed by atoms with Crippen molar-refractivity contribution in [3.05, 3.63) is 53.1 Å². The normalized spacial score (nSPS) is 19.5. The molecule has 0 radical (unpaired) electrons. The van der Waals surface area contributed by atoms with Crippen LogP contribution in [0.5, 0.6) is 11.5 Å². The second-order valence-electron chi connectivity index (χ2n) is 9.55. The van der Waals surface area contributed by atoms with Gasteiger partial charge in [-0.1, -0.05) is 25.0 Å². The molecule has 3 aliphatic heterocycles. The molecule has 188 valence electrons. The monoisotopic (exact) mass is 499 g/mol. The van der Waals surface area contributed by atoms with Crippen molar-refractivity contribution >= 4 is 15.9 Å². The van der Waals surface area contributed by atoms with Gasteiger partial charge in [0.15, 0.2) is 11.5 Å². The number of piperazine rings is 1. The molecule has 35 heavy (non-hydrogen) atoms. The highest BCUT2D eigenvalue weighted by Crippen LogP contribution is 2.33. The number of nitrogens with zero attached hydrogens (tertiary/aromatic N) is 3. The number of aryl methyl sites for hydroxylation is 1. The Kier molecular flexibility index (Phi) is 7.00. The van der Waals surface area contributed by atoms with Gasteiger partial charge in [0.25, 0.3) is 5.91 Å². The summed E-state index contributed by atoms with van der Waals surface area (Å²) in [6, 6.07) is 11.1. The van der Waals surface area contributed by atoms with Gasteiger partial charge in [0.1, 0.15) is 0 Å². The van der Waals surface area contributed by atoms with E-state index in [1.165, 1.54) is 0 Å². The molecule has 3 aliphatic rings.